The van der Waals surface area contributed by atoms with E-state index in [2.05, 4.69) is 5.32 Å². The molecule has 1 aromatic rings. The topological polar surface area (TPSA) is 55.1 Å². The summed E-state index contributed by atoms with van der Waals surface area (Å²) in [5.74, 6) is -0.0534. The molecule has 0 heterocycles. The standard InChI is InChI=1S/C16H25ClN2O.ClH/c1-5-16(18,6-2)11-19-14(20)15(3,4)12-9-7-8-10-13(12)17;/h7-10H,5-6,11,18H2,1-4H3,(H,19,20);1H. The van der Waals surface area contributed by atoms with Crippen molar-refractivity contribution in [2.24, 2.45) is 5.73 Å². The van der Waals surface area contributed by atoms with Crippen molar-refractivity contribution < 1.29 is 4.79 Å². The SMILES string of the molecule is CCC(N)(CC)CNC(=O)C(C)(C)c1ccccc1Cl.Cl. The number of hydrogen-bond acceptors (Lipinski definition) is 2. The summed E-state index contributed by atoms with van der Waals surface area (Å²) in [6, 6.07) is 7.44. The summed E-state index contributed by atoms with van der Waals surface area (Å²) in [5, 5.41) is 3.58. The summed E-state index contributed by atoms with van der Waals surface area (Å²) >= 11 is 6.19. The van der Waals surface area contributed by atoms with Crippen LogP contribution in [0.4, 0.5) is 0 Å². The van der Waals surface area contributed by atoms with Gasteiger partial charge in [0.25, 0.3) is 0 Å². The predicted octanol–water partition coefficient (Wildman–Crippen LogP) is 3.67. The highest BCUT2D eigenvalue weighted by Gasteiger charge is 2.32. The van der Waals surface area contributed by atoms with Crippen molar-refractivity contribution in [1.82, 2.24) is 5.32 Å². The molecular formula is C16H26Cl2N2O. The van der Waals surface area contributed by atoms with Gasteiger partial charge in [0.05, 0.1) is 5.41 Å². The third-order valence-electron chi connectivity index (χ3n) is 4.12. The van der Waals surface area contributed by atoms with Gasteiger partial charge in [0.15, 0.2) is 0 Å². The lowest BCUT2D eigenvalue weighted by Gasteiger charge is -2.30. The molecule has 0 bridgehead atoms. The van der Waals surface area contributed by atoms with Gasteiger partial charge in [0, 0.05) is 17.1 Å². The number of rotatable bonds is 6. The highest BCUT2D eigenvalue weighted by atomic mass is 35.5. The van der Waals surface area contributed by atoms with E-state index in [1.807, 2.05) is 45.9 Å². The lowest BCUT2D eigenvalue weighted by molar-refractivity contribution is -0.125. The summed E-state index contributed by atoms with van der Waals surface area (Å²) in [5.41, 5.74) is 6.02. The van der Waals surface area contributed by atoms with E-state index in [1.165, 1.54) is 0 Å². The minimum absolute atomic E-state index is 0. The first-order valence-corrected chi connectivity index (χ1v) is 7.47. The van der Waals surface area contributed by atoms with Crippen LogP contribution in [0.3, 0.4) is 0 Å². The minimum atomic E-state index is -0.680. The number of nitrogens with one attached hydrogen (secondary N) is 1. The van der Waals surface area contributed by atoms with Gasteiger partial charge in [-0.2, -0.15) is 0 Å². The van der Waals surface area contributed by atoms with Crippen molar-refractivity contribution in [3.8, 4) is 0 Å². The molecule has 0 aliphatic rings. The fourth-order valence-electron chi connectivity index (χ4n) is 2.07. The van der Waals surface area contributed by atoms with Crippen LogP contribution in [-0.2, 0) is 10.2 Å². The van der Waals surface area contributed by atoms with Crippen molar-refractivity contribution >= 4 is 29.9 Å². The first kappa shape index (κ1) is 20.2. The highest BCUT2D eigenvalue weighted by Crippen LogP contribution is 2.30. The van der Waals surface area contributed by atoms with Gasteiger partial charge < -0.3 is 11.1 Å². The molecule has 1 amide bonds. The van der Waals surface area contributed by atoms with Crippen LogP contribution in [-0.4, -0.2) is 18.0 Å². The van der Waals surface area contributed by atoms with E-state index in [1.54, 1.807) is 6.07 Å². The molecule has 1 aromatic carbocycles. The zero-order chi connectivity index (χ0) is 15.4. The third-order valence-corrected chi connectivity index (χ3v) is 4.45. The Morgan fingerprint density at radius 2 is 1.76 bits per heavy atom. The van der Waals surface area contributed by atoms with Crippen LogP contribution < -0.4 is 11.1 Å². The zero-order valence-electron chi connectivity index (χ0n) is 13.2. The van der Waals surface area contributed by atoms with Gasteiger partial charge in [-0.05, 0) is 38.3 Å². The van der Waals surface area contributed by atoms with Gasteiger partial charge in [-0.3, -0.25) is 4.79 Å². The van der Waals surface area contributed by atoms with E-state index < -0.39 is 5.41 Å². The van der Waals surface area contributed by atoms with Crippen molar-refractivity contribution in [2.75, 3.05) is 6.54 Å². The van der Waals surface area contributed by atoms with E-state index in [0.29, 0.717) is 11.6 Å². The van der Waals surface area contributed by atoms with Gasteiger partial charge in [-0.15, -0.1) is 12.4 Å². The van der Waals surface area contributed by atoms with Crippen molar-refractivity contribution in [1.29, 1.82) is 0 Å². The van der Waals surface area contributed by atoms with Crippen molar-refractivity contribution in [2.45, 2.75) is 51.5 Å². The molecule has 1 rings (SSSR count). The molecule has 5 heteroatoms. The molecule has 0 aliphatic heterocycles. The fraction of sp³-hybridized carbons (Fsp3) is 0.562. The second-order valence-electron chi connectivity index (χ2n) is 5.86. The number of carbonyl (C=O) groups excluding carboxylic acids is 1. The van der Waals surface area contributed by atoms with Crippen LogP contribution in [0.25, 0.3) is 0 Å². The summed E-state index contributed by atoms with van der Waals surface area (Å²) < 4.78 is 0. The second-order valence-corrected chi connectivity index (χ2v) is 6.26. The molecule has 0 saturated carbocycles. The predicted molar refractivity (Wildman–Crippen MR) is 92.2 cm³/mol. The Morgan fingerprint density at radius 3 is 2.24 bits per heavy atom. The number of carbonyl (C=O) groups is 1. The zero-order valence-corrected chi connectivity index (χ0v) is 14.8. The van der Waals surface area contributed by atoms with E-state index in [4.69, 9.17) is 17.3 Å². The highest BCUT2D eigenvalue weighted by molar-refractivity contribution is 6.31. The molecular weight excluding hydrogens is 307 g/mol. The molecule has 0 fully saturated rings. The molecule has 0 unspecified atom stereocenters. The number of nitrogens with two attached hydrogens (primary N) is 1. The Kier molecular flexibility index (Phi) is 7.73. The molecule has 0 aliphatic carbocycles. The van der Waals surface area contributed by atoms with Crippen molar-refractivity contribution in [3.63, 3.8) is 0 Å². The molecule has 3 nitrogen and oxygen atoms in total. The molecule has 0 saturated heterocycles. The molecule has 21 heavy (non-hydrogen) atoms. The van der Waals surface area contributed by atoms with E-state index in [0.717, 1.165) is 18.4 Å². The van der Waals surface area contributed by atoms with Gasteiger partial charge in [-0.25, -0.2) is 0 Å². The number of hydrogen-bond donors (Lipinski definition) is 2. The number of benzene rings is 1. The van der Waals surface area contributed by atoms with E-state index >= 15 is 0 Å². The fourth-order valence-corrected chi connectivity index (χ4v) is 2.44. The summed E-state index contributed by atoms with van der Waals surface area (Å²) in [6.45, 7) is 8.30. The van der Waals surface area contributed by atoms with Gasteiger partial charge in [0.2, 0.25) is 5.91 Å². The van der Waals surface area contributed by atoms with Gasteiger partial charge >= 0.3 is 0 Å². The Balaban J connectivity index is 0.00000400. The molecule has 120 valence electrons. The number of halogens is 2. The van der Waals surface area contributed by atoms with Gasteiger partial charge in [0.1, 0.15) is 0 Å². The van der Waals surface area contributed by atoms with Crippen LogP contribution in [0.15, 0.2) is 24.3 Å². The maximum absolute atomic E-state index is 12.5. The average molecular weight is 333 g/mol. The van der Waals surface area contributed by atoms with Crippen molar-refractivity contribution in [3.05, 3.63) is 34.9 Å². The third kappa shape index (κ3) is 4.87. The van der Waals surface area contributed by atoms with Crippen LogP contribution in [0, 0.1) is 0 Å². The van der Waals surface area contributed by atoms with Crippen LogP contribution in [0.1, 0.15) is 46.1 Å². The molecule has 0 atom stereocenters. The smallest absolute Gasteiger partial charge is 0.230 e. The Bertz CT molecular complexity index is 471. The van der Waals surface area contributed by atoms with Gasteiger partial charge in [-0.1, -0.05) is 43.6 Å². The molecule has 0 spiro atoms. The van der Waals surface area contributed by atoms with E-state index in [9.17, 15) is 4.79 Å². The second kappa shape index (κ2) is 8.02. The molecule has 0 aromatic heterocycles. The molecule has 0 radical (unpaired) electrons. The first-order chi connectivity index (χ1) is 9.27. The maximum atomic E-state index is 12.5. The monoisotopic (exact) mass is 332 g/mol. The maximum Gasteiger partial charge on any atom is 0.230 e. The largest absolute Gasteiger partial charge is 0.354 e. The van der Waals surface area contributed by atoms with Crippen LogP contribution >= 0.6 is 24.0 Å². The quantitative estimate of drug-likeness (QED) is 0.834. The average Bonchev–Trinajstić information content (AvgIpc) is 2.44. The lowest BCUT2D eigenvalue weighted by Crippen LogP contribution is -2.52. The summed E-state index contributed by atoms with van der Waals surface area (Å²) in [4.78, 5) is 12.5. The Labute approximate surface area is 139 Å². The first-order valence-electron chi connectivity index (χ1n) is 7.09. The molecule has 3 N–H and O–H groups in total. The summed E-state index contributed by atoms with van der Waals surface area (Å²) in [6.07, 6.45) is 1.66. The van der Waals surface area contributed by atoms with E-state index in [-0.39, 0.29) is 23.9 Å². The van der Waals surface area contributed by atoms with Crippen LogP contribution in [0.5, 0.6) is 0 Å². The Morgan fingerprint density at radius 1 is 1.24 bits per heavy atom. The number of amides is 1. The minimum Gasteiger partial charge on any atom is -0.354 e. The van der Waals surface area contributed by atoms with Crippen LogP contribution in [0.2, 0.25) is 5.02 Å². The summed E-state index contributed by atoms with van der Waals surface area (Å²) in [7, 11) is 0. The Hall–Kier alpha value is -0.770. The lowest BCUT2D eigenvalue weighted by atomic mass is 9.83. The normalized spacial score (nSPS) is 11.7.